The number of carbonyl (C=O) groups is 1. The van der Waals surface area contributed by atoms with Crippen LogP contribution >= 0.6 is 35.0 Å². The van der Waals surface area contributed by atoms with Crippen LogP contribution in [0.1, 0.15) is 26.3 Å². The molecule has 0 aromatic heterocycles. The van der Waals surface area contributed by atoms with Crippen molar-refractivity contribution >= 4 is 47.1 Å². The minimum absolute atomic E-state index is 0.0337. The fraction of sp³-hybridized carbons (Fsp3) is 0.300. The van der Waals surface area contributed by atoms with Gasteiger partial charge in [0.15, 0.2) is 11.5 Å². The Morgan fingerprint density at radius 2 is 1.96 bits per heavy atom. The van der Waals surface area contributed by atoms with Crippen LogP contribution in [0.2, 0.25) is 10.0 Å². The molecule has 0 spiro atoms. The first-order valence-electron chi connectivity index (χ1n) is 8.72. The molecular formula is C20H22Cl2N2O3S. The van der Waals surface area contributed by atoms with Gasteiger partial charge >= 0.3 is 0 Å². The van der Waals surface area contributed by atoms with E-state index in [1.165, 1.54) is 18.0 Å². The number of nitrogens with one attached hydrogen (secondary N) is 1. The van der Waals surface area contributed by atoms with E-state index in [0.29, 0.717) is 33.7 Å². The average Bonchev–Trinajstić information content (AvgIpc) is 2.64. The number of ether oxygens (including phenoxy) is 2. The van der Waals surface area contributed by atoms with E-state index in [-0.39, 0.29) is 17.8 Å². The zero-order valence-electron chi connectivity index (χ0n) is 15.9. The molecule has 0 saturated carbocycles. The molecule has 28 heavy (non-hydrogen) atoms. The first-order valence-corrected chi connectivity index (χ1v) is 10.5. The highest BCUT2D eigenvalue weighted by molar-refractivity contribution is 8.00. The Balaban J connectivity index is 1.96. The Morgan fingerprint density at radius 3 is 2.61 bits per heavy atom. The monoisotopic (exact) mass is 440 g/mol. The average molecular weight is 441 g/mol. The van der Waals surface area contributed by atoms with Crippen molar-refractivity contribution in [3.05, 3.63) is 52.0 Å². The third-order valence-corrected chi connectivity index (χ3v) is 4.82. The Hall–Kier alpha value is -1.89. The predicted molar refractivity (Wildman–Crippen MR) is 116 cm³/mol. The fourth-order valence-electron chi connectivity index (χ4n) is 2.17. The van der Waals surface area contributed by atoms with E-state index < -0.39 is 0 Å². The lowest BCUT2D eigenvalue weighted by Gasteiger charge is -2.16. The van der Waals surface area contributed by atoms with Gasteiger partial charge < -0.3 is 9.47 Å². The van der Waals surface area contributed by atoms with Gasteiger partial charge in [-0.05, 0) is 62.7 Å². The molecule has 0 unspecified atom stereocenters. The highest BCUT2D eigenvalue weighted by atomic mass is 35.5. The fourth-order valence-corrected chi connectivity index (χ4v) is 3.25. The van der Waals surface area contributed by atoms with Gasteiger partial charge in [-0.2, -0.15) is 5.10 Å². The second kappa shape index (κ2) is 11.2. The smallest absolute Gasteiger partial charge is 0.250 e. The number of halogens is 2. The zero-order valence-corrected chi connectivity index (χ0v) is 18.2. The molecule has 0 aliphatic heterocycles. The van der Waals surface area contributed by atoms with Crippen molar-refractivity contribution in [3.8, 4) is 11.5 Å². The van der Waals surface area contributed by atoms with E-state index in [9.17, 15) is 4.79 Å². The Morgan fingerprint density at radius 1 is 1.25 bits per heavy atom. The lowest BCUT2D eigenvalue weighted by atomic mass is 10.2. The van der Waals surface area contributed by atoms with Crippen molar-refractivity contribution < 1.29 is 14.3 Å². The van der Waals surface area contributed by atoms with Gasteiger partial charge in [0.2, 0.25) is 5.91 Å². The largest absolute Gasteiger partial charge is 0.490 e. The maximum atomic E-state index is 11.9. The molecule has 1 N–H and O–H groups in total. The van der Waals surface area contributed by atoms with Crippen molar-refractivity contribution in [2.75, 3.05) is 12.4 Å². The van der Waals surface area contributed by atoms with Crippen LogP contribution in [0.3, 0.4) is 0 Å². The summed E-state index contributed by atoms with van der Waals surface area (Å²) in [4.78, 5) is 12.9. The molecule has 0 aliphatic rings. The van der Waals surface area contributed by atoms with Gasteiger partial charge in [-0.15, -0.1) is 11.8 Å². The van der Waals surface area contributed by atoms with Crippen molar-refractivity contribution in [1.82, 2.24) is 5.43 Å². The summed E-state index contributed by atoms with van der Waals surface area (Å²) in [5.41, 5.74) is 3.19. The number of hydrazone groups is 1. The summed E-state index contributed by atoms with van der Waals surface area (Å²) < 4.78 is 11.3. The topological polar surface area (TPSA) is 59.9 Å². The number of hydrogen-bond acceptors (Lipinski definition) is 5. The minimum Gasteiger partial charge on any atom is -0.490 e. The van der Waals surface area contributed by atoms with Gasteiger partial charge in [0.25, 0.3) is 0 Å². The molecule has 150 valence electrons. The molecule has 0 aliphatic carbocycles. The number of amides is 1. The summed E-state index contributed by atoms with van der Waals surface area (Å²) >= 11 is 13.6. The van der Waals surface area contributed by atoms with Crippen LogP contribution in [0.5, 0.6) is 11.5 Å². The van der Waals surface area contributed by atoms with E-state index in [2.05, 4.69) is 10.5 Å². The highest BCUT2D eigenvalue weighted by Gasteiger charge is 2.13. The number of thioether (sulfide) groups is 1. The van der Waals surface area contributed by atoms with Gasteiger partial charge in [0, 0.05) is 9.92 Å². The lowest BCUT2D eigenvalue weighted by molar-refractivity contribution is -0.118. The van der Waals surface area contributed by atoms with Gasteiger partial charge in [0.05, 0.1) is 29.7 Å². The van der Waals surface area contributed by atoms with Crippen LogP contribution in [0.25, 0.3) is 0 Å². The van der Waals surface area contributed by atoms with E-state index in [1.54, 1.807) is 24.3 Å². The van der Waals surface area contributed by atoms with Crippen LogP contribution in [-0.2, 0) is 4.79 Å². The van der Waals surface area contributed by atoms with Gasteiger partial charge in [-0.1, -0.05) is 23.2 Å². The standard InChI is InChI=1S/C20H22Cl2N2O3S/c1-4-26-18-10-14(9-17(22)20(18)27-13(2)3)11-23-24-19(25)12-28-16-7-5-15(21)6-8-16/h5-11,13H,4,12H2,1-3H3,(H,24,25)/b23-11-. The number of rotatable bonds is 9. The lowest BCUT2D eigenvalue weighted by Crippen LogP contribution is -2.19. The summed E-state index contributed by atoms with van der Waals surface area (Å²) in [7, 11) is 0. The normalized spacial score (nSPS) is 11.1. The quantitative estimate of drug-likeness (QED) is 0.321. The summed E-state index contributed by atoms with van der Waals surface area (Å²) in [6, 6.07) is 10.8. The molecule has 5 nitrogen and oxygen atoms in total. The first-order chi connectivity index (χ1) is 13.4. The molecule has 1 amide bonds. The molecule has 0 saturated heterocycles. The third-order valence-electron chi connectivity index (χ3n) is 3.27. The van der Waals surface area contributed by atoms with Gasteiger partial charge in [0.1, 0.15) is 0 Å². The zero-order chi connectivity index (χ0) is 20.5. The van der Waals surface area contributed by atoms with Crippen LogP contribution in [0.4, 0.5) is 0 Å². The Labute approximate surface area is 179 Å². The van der Waals surface area contributed by atoms with Gasteiger partial charge in [-0.3, -0.25) is 4.79 Å². The van der Waals surface area contributed by atoms with Crippen LogP contribution in [-0.4, -0.2) is 30.6 Å². The van der Waals surface area contributed by atoms with Crippen LogP contribution < -0.4 is 14.9 Å². The van der Waals surface area contributed by atoms with Crippen molar-refractivity contribution in [2.24, 2.45) is 5.10 Å². The molecule has 2 rings (SSSR count). The molecule has 0 radical (unpaired) electrons. The van der Waals surface area contributed by atoms with Gasteiger partial charge in [-0.25, -0.2) is 5.43 Å². The van der Waals surface area contributed by atoms with Crippen LogP contribution in [0, 0.1) is 0 Å². The third kappa shape index (κ3) is 7.26. The highest BCUT2D eigenvalue weighted by Crippen LogP contribution is 2.37. The maximum Gasteiger partial charge on any atom is 0.250 e. The number of carbonyl (C=O) groups excluding carboxylic acids is 1. The molecule has 0 bridgehead atoms. The number of nitrogens with zero attached hydrogens (tertiary/aromatic N) is 1. The minimum atomic E-state index is -0.216. The van der Waals surface area contributed by atoms with Crippen molar-refractivity contribution in [1.29, 1.82) is 0 Å². The maximum absolute atomic E-state index is 11.9. The molecule has 2 aromatic rings. The summed E-state index contributed by atoms with van der Waals surface area (Å²) in [6.45, 7) is 6.19. The summed E-state index contributed by atoms with van der Waals surface area (Å²) in [6.07, 6.45) is 1.48. The van der Waals surface area contributed by atoms with Crippen LogP contribution in [0.15, 0.2) is 46.4 Å². The Bertz CT molecular complexity index is 827. The second-order valence-corrected chi connectivity index (χ2v) is 7.86. The molecule has 2 aromatic carbocycles. The van der Waals surface area contributed by atoms with E-state index >= 15 is 0 Å². The predicted octanol–water partition coefficient (Wildman–Crippen LogP) is 5.42. The molecular weight excluding hydrogens is 419 g/mol. The summed E-state index contributed by atoms with van der Waals surface area (Å²) in [5.74, 6) is 1.06. The molecule has 0 heterocycles. The van der Waals surface area contributed by atoms with Crippen molar-refractivity contribution in [3.63, 3.8) is 0 Å². The number of benzene rings is 2. The Kier molecular flexibility index (Phi) is 8.96. The number of hydrogen-bond donors (Lipinski definition) is 1. The SMILES string of the molecule is CCOc1cc(/C=N\NC(=O)CSc2ccc(Cl)cc2)cc(Cl)c1OC(C)C. The first kappa shape index (κ1) is 22.4. The molecule has 0 atom stereocenters. The van der Waals surface area contributed by atoms with E-state index in [4.69, 9.17) is 32.7 Å². The van der Waals surface area contributed by atoms with Crippen molar-refractivity contribution in [2.45, 2.75) is 31.8 Å². The summed E-state index contributed by atoms with van der Waals surface area (Å²) in [5, 5.41) is 5.07. The molecule has 0 fully saturated rings. The van der Waals surface area contributed by atoms with E-state index in [0.717, 1.165) is 4.90 Å². The van der Waals surface area contributed by atoms with E-state index in [1.807, 2.05) is 32.9 Å². The second-order valence-electron chi connectivity index (χ2n) is 5.97. The molecule has 8 heteroatoms.